The van der Waals surface area contributed by atoms with E-state index in [2.05, 4.69) is 15.9 Å². The Morgan fingerprint density at radius 2 is 1.28 bits per heavy atom. The quantitative estimate of drug-likeness (QED) is 0.687. The molecule has 0 bridgehead atoms. The lowest BCUT2D eigenvalue weighted by molar-refractivity contribution is -0.122. The number of anilines is 1. The molecule has 1 saturated heterocycles. The molecule has 4 rings (SSSR count). The number of carbonyl (C=O) groups is 2. The third kappa shape index (κ3) is 3.09. The smallest absolute Gasteiger partial charge is 0.237 e. The van der Waals surface area contributed by atoms with Crippen LogP contribution < -0.4 is 9.64 Å². The van der Waals surface area contributed by atoms with Gasteiger partial charge >= 0.3 is 0 Å². The number of imide groups is 1. The minimum absolute atomic E-state index is 0.0451. The van der Waals surface area contributed by atoms with Crippen molar-refractivity contribution < 1.29 is 14.3 Å². The minimum atomic E-state index is -0.125. The highest BCUT2D eigenvalue weighted by molar-refractivity contribution is 9.10. The summed E-state index contributed by atoms with van der Waals surface area (Å²) >= 11 is 3.39. The van der Waals surface area contributed by atoms with Gasteiger partial charge < -0.3 is 4.74 Å². The molecule has 0 aromatic heterocycles. The van der Waals surface area contributed by atoms with Crippen LogP contribution in [0.15, 0.2) is 53.0 Å². The van der Waals surface area contributed by atoms with Crippen molar-refractivity contribution >= 4 is 33.4 Å². The van der Waals surface area contributed by atoms with Crippen molar-refractivity contribution in [1.82, 2.24) is 0 Å². The van der Waals surface area contributed by atoms with E-state index in [0.717, 1.165) is 35.9 Å². The lowest BCUT2D eigenvalue weighted by Gasteiger charge is -2.19. The standard InChI is InChI=1S/C20H18BrNO3/c21-13-5-9-15(10-6-13)25-16-11-7-14(8-12-16)22-19(23)17-3-1-2-4-18(17)20(22)24/h5-12,17-18H,1-4H2. The summed E-state index contributed by atoms with van der Waals surface area (Å²) in [6.07, 6.45) is 3.73. The van der Waals surface area contributed by atoms with Crippen LogP contribution in [0.25, 0.3) is 0 Å². The molecule has 2 aromatic carbocycles. The van der Waals surface area contributed by atoms with E-state index < -0.39 is 0 Å². The van der Waals surface area contributed by atoms with Gasteiger partial charge in [-0.15, -0.1) is 0 Å². The number of nitrogens with zero attached hydrogens (tertiary/aromatic N) is 1. The maximum atomic E-state index is 12.6. The Hall–Kier alpha value is -2.14. The highest BCUT2D eigenvalue weighted by atomic mass is 79.9. The third-order valence-corrected chi connectivity index (χ3v) is 5.51. The number of fused-ring (bicyclic) bond motifs is 1. The van der Waals surface area contributed by atoms with Gasteiger partial charge in [0.1, 0.15) is 11.5 Å². The molecule has 1 saturated carbocycles. The summed E-state index contributed by atoms with van der Waals surface area (Å²) in [5, 5.41) is 0. The third-order valence-electron chi connectivity index (χ3n) is 4.99. The molecule has 2 fully saturated rings. The van der Waals surface area contributed by atoms with Gasteiger partial charge in [0.15, 0.2) is 0 Å². The molecule has 1 aliphatic carbocycles. The molecule has 0 N–H and O–H groups in total. The van der Waals surface area contributed by atoms with Crippen molar-refractivity contribution in [3.63, 3.8) is 0 Å². The molecule has 1 heterocycles. The first-order chi connectivity index (χ1) is 12.1. The van der Waals surface area contributed by atoms with Crippen molar-refractivity contribution in [1.29, 1.82) is 0 Å². The molecule has 2 atom stereocenters. The Morgan fingerprint density at radius 3 is 1.80 bits per heavy atom. The zero-order valence-corrected chi connectivity index (χ0v) is 15.2. The predicted octanol–water partition coefficient (Wildman–Crippen LogP) is 4.92. The minimum Gasteiger partial charge on any atom is -0.457 e. The topological polar surface area (TPSA) is 46.6 Å². The Morgan fingerprint density at radius 1 is 0.800 bits per heavy atom. The van der Waals surface area contributed by atoms with Crippen LogP contribution >= 0.6 is 15.9 Å². The molecule has 0 radical (unpaired) electrons. The lowest BCUT2D eigenvalue weighted by Crippen LogP contribution is -2.30. The van der Waals surface area contributed by atoms with Crippen LogP contribution in [0, 0.1) is 11.8 Å². The number of benzene rings is 2. The van der Waals surface area contributed by atoms with Crippen LogP contribution in [-0.4, -0.2) is 11.8 Å². The molecule has 2 aliphatic rings. The second-order valence-corrected chi connectivity index (χ2v) is 7.47. The van der Waals surface area contributed by atoms with Gasteiger partial charge in [0.2, 0.25) is 11.8 Å². The first kappa shape index (κ1) is 16.3. The molecule has 4 nitrogen and oxygen atoms in total. The Bertz CT molecular complexity index is 777. The first-order valence-electron chi connectivity index (χ1n) is 8.55. The van der Waals surface area contributed by atoms with Crippen LogP contribution in [0.5, 0.6) is 11.5 Å². The van der Waals surface area contributed by atoms with E-state index in [1.807, 2.05) is 24.3 Å². The molecule has 25 heavy (non-hydrogen) atoms. The molecule has 2 amide bonds. The highest BCUT2D eigenvalue weighted by Crippen LogP contribution is 2.40. The van der Waals surface area contributed by atoms with E-state index in [-0.39, 0.29) is 23.7 Å². The molecule has 5 heteroatoms. The van der Waals surface area contributed by atoms with Crippen LogP contribution in [0.2, 0.25) is 0 Å². The second-order valence-electron chi connectivity index (χ2n) is 6.56. The zero-order valence-electron chi connectivity index (χ0n) is 13.7. The summed E-state index contributed by atoms with van der Waals surface area (Å²) in [5.41, 5.74) is 0.632. The number of rotatable bonds is 3. The van der Waals surface area contributed by atoms with Gasteiger partial charge in [-0.2, -0.15) is 0 Å². The van der Waals surface area contributed by atoms with Crippen LogP contribution in [0.4, 0.5) is 5.69 Å². The molecular formula is C20H18BrNO3. The Balaban J connectivity index is 1.53. The fourth-order valence-electron chi connectivity index (χ4n) is 3.72. The molecule has 2 aromatic rings. The Labute approximate surface area is 154 Å². The van der Waals surface area contributed by atoms with Crippen molar-refractivity contribution in [3.8, 4) is 11.5 Å². The SMILES string of the molecule is O=C1C2CCCCC2C(=O)N1c1ccc(Oc2ccc(Br)cc2)cc1. The summed E-state index contributed by atoms with van der Waals surface area (Å²) in [6.45, 7) is 0. The van der Waals surface area contributed by atoms with E-state index in [4.69, 9.17) is 4.74 Å². The van der Waals surface area contributed by atoms with Gasteiger partial charge in [0.25, 0.3) is 0 Å². The number of hydrogen-bond donors (Lipinski definition) is 0. The molecule has 0 spiro atoms. The molecule has 2 unspecified atom stereocenters. The average molecular weight is 400 g/mol. The summed E-state index contributed by atoms with van der Waals surface area (Å²) in [4.78, 5) is 26.6. The van der Waals surface area contributed by atoms with Crippen molar-refractivity contribution in [2.45, 2.75) is 25.7 Å². The van der Waals surface area contributed by atoms with Crippen LogP contribution in [0.3, 0.4) is 0 Å². The van der Waals surface area contributed by atoms with Gasteiger partial charge in [0, 0.05) is 4.47 Å². The van der Waals surface area contributed by atoms with Crippen LogP contribution in [-0.2, 0) is 9.59 Å². The second kappa shape index (κ2) is 6.64. The number of hydrogen-bond acceptors (Lipinski definition) is 3. The van der Waals surface area contributed by atoms with E-state index in [1.54, 1.807) is 24.3 Å². The number of carbonyl (C=O) groups excluding carboxylic acids is 2. The van der Waals surface area contributed by atoms with Crippen molar-refractivity contribution in [2.75, 3.05) is 4.90 Å². The van der Waals surface area contributed by atoms with E-state index in [1.165, 1.54) is 4.90 Å². The fourth-order valence-corrected chi connectivity index (χ4v) is 3.98. The van der Waals surface area contributed by atoms with Gasteiger partial charge in [-0.1, -0.05) is 28.8 Å². The normalized spacial score (nSPS) is 22.8. The maximum absolute atomic E-state index is 12.6. The van der Waals surface area contributed by atoms with E-state index in [0.29, 0.717) is 11.4 Å². The van der Waals surface area contributed by atoms with Crippen molar-refractivity contribution in [2.24, 2.45) is 11.8 Å². The molecule has 128 valence electrons. The average Bonchev–Trinajstić information content (AvgIpc) is 2.89. The van der Waals surface area contributed by atoms with Gasteiger partial charge in [-0.05, 0) is 61.4 Å². The molecular weight excluding hydrogens is 382 g/mol. The zero-order chi connectivity index (χ0) is 17.4. The summed E-state index contributed by atoms with van der Waals surface area (Å²) < 4.78 is 6.78. The fraction of sp³-hybridized carbons (Fsp3) is 0.300. The van der Waals surface area contributed by atoms with Gasteiger partial charge in [-0.3, -0.25) is 14.5 Å². The summed E-state index contributed by atoms with van der Waals surface area (Å²) in [6, 6.07) is 14.7. The van der Waals surface area contributed by atoms with Gasteiger partial charge in [0.05, 0.1) is 17.5 Å². The van der Waals surface area contributed by atoms with Crippen LogP contribution in [0.1, 0.15) is 25.7 Å². The monoisotopic (exact) mass is 399 g/mol. The summed E-state index contributed by atoms with van der Waals surface area (Å²) in [7, 11) is 0. The largest absolute Gasteiger partial charge is 0.457 e. The number of halogens is 1. The molecule has 1 aliphatic heterocycles. The lowest BCUT2D eigenvalue weighted by atomic mass is 9.81. The van der Waals surface area contributed by atoms with Crippen molar-refractivity contribution in [3.05, 3.63) is 53.0 Å². The first-order valence-corrected chi connectivity index (χ1v) is 9.34. The van der Waals surface area contributed by atoms with E-state index >= 15 is 0 Å². The maximum Gasteiger partial charge on any atom is 0.237 e. The highest BCUT2D eigenvalue weighted by Gasteiger charge is 2.48. The summed E-state index contributed by atoms with van der Waals surface area (Å²) in [5.74, 6) is 1.06. The number of amides is 2. The van der Waals surface area contributed by atoms with E-state index in [9.17, 15) is 9.59 Å². The Kier molecular flexibility index (Phi) is 4.34. The number of ether oxygens (including phenoxy) is 1. The predicted molar refractivity (Wildman–Crippen MR) is 98.6 cm³/mol. The van der Waals surface area contributed by atoms with Gasteiger partial charge in [-0.25, -0.2) is 0 Å².